The highest BCUT2D eigenvalue weighted by atomic mass is 16.3. The highest BCUT2D eigenvalue weighted by Gasteiger charge is 2.23. The van der Waals surface area contributed by atoms with Crippen molar-refractivity contribution in [2.45, 2.75) is 25.9 Å². The van der Waals surface area contributed by atoms with Crippen LogP contribution in [0.3, 0.4) is 0 Å². The monoisotopic (exact) mass is 262 g/mol. The van der Waals surface area contributed by atoms with E-state index < -0.39 is 6.10 Å². The smallest absolute Gasteiger partial charge is 0.251 e. The Morgan fingerprint density at radius 1 is 1.26 bits per heavy atom. The minimum absolute atomic E-state index is 0.152. The van der Waals surface area contributed by atoms with Gasteiger partial charge in [-0.1, -0.05) is 31.2 Å². The predicted octanol–water partition coefficient (Wildman–Crippen LogP) is 0.584. The van der Waals surface area contributed by atoms with Gasteiger partial charge in [0.2, 0.25) is 0 Å². The molecule has 1 atom stereocenters. The molecule has 0 saturated carbocycles. The number of aliphatic hydroxyl groups is 1. The number of amides is 1. The van der Waals surface area contributed by atoms with Gasteiger partial charge in [-0.25, -0.2) is 0 Å². The normalized spacial score (nSPS) is 17.3. The van der Waals surface area contributed by atoms with E-state index in [9.17, 15) is 9.90 Å². The molecule has 1 aliphatic heterocycles. The lowest BCUT2D eigenvalue weighted by Crippen LogP contribution is -2.50. The topological polar surface area (TPSA) is 52.6 Å². The highest BCUT2D eigenvalue weighted by Crippen LogP contribution is 2.09. The first-order valence-electron chi connectivity index (χ1n) is 6.96. The van der Waals surface area contributed by atoms with Gasteiger partial charge in [-0.2, -0.15) is 0 Å². The number of benzene rings is 1. The maximum absolute atomic E-state index is 12.1. The molecule has 0 aromatic heterocycles. The molecule has 1 fully saturated rings. The minimum atomic E-state index is -0.925. The molecule has 1 heterocycles. The molecule has 2 rings (SSSR count). The Bertz CT molecular complexity index is 411. The third-order valence-corrected chi connectivity index (χ3v) is 3.57. The molecule has 0 spiro atoms. The summed E-state index contributed by atoms with van der Waals surface area (Å²) in [6.07, 6.45) is 0.473. The van der Waals surface area contributed by atoms with Gasteiger partial charge in [0, 0.05) is 32.6 Å². The van der Waals surface area contributed by atoms with Gasteiger partial charge < -0.3 is 15.3 Å². The molecule has 1 aliphatic rings. The summed E-state index contributed by atoms with van der Waals surface area (Å²) in [5, 5.41) is 13.2. The Labute approximate surface area is 114 Å². The molecule has 19 heavy (non-hydrogen) atoms. The lowest BCUT2D eigenvalue weighted by molar-refractivity contribution is -0.140. The molecule has 1 aromatic carbocycles. The number of aliphatic hydroxyl groups excluding tert-OH is 1. The molecule has 1 unspecified atom stereocenters. The molecular weight excluding hydrogens is 240 g/mol. The molecule has 1 amide bonds. The number of piperazine rings is 1. The van der Waals surface area contributed by atoms with Crippen molar-refractivity contribution in [1.82, 2.24) is 10.2 Å². The maximum atomic E-state index is 12.1. The number of carbonyl (C=O) groups is 1. The number of hydrogen-bond donors (Lipinski definition) is 2. The lowest BCUT2D eigenvalue weighted by Gasteiger charge is -2.29. The number of nitrogens with zero attached hydrogens (tertiary/aromatic N) is 1. The van der Waals surface area contributed by atoms with Crippen molar-refractivity contribution in [3.63, 3.8) is 0 Å². The number of rotatable bonds is 4. The summed E-state index contributed by atoms with van der Waals surface area (Å²) in [4.78, 5) is 13.8. The SMILES string of the molecule is CCc1ccc(CC(O)C(=O)N2CCNCC2)cc1. The Balaban J connectivity index is 1.91. The summed E-state index contributed by atoms with van der Waals surface area (Å²) in [5.74, 6) is -0.152. The van der Waals surface area contributed by atoms with E-state index in [4.69, 9.17) is 0 Å². The number of nitrogens with one attached hydrogen (secondary N) is 1. The molecule has 1 saturated heterocycles. The van der Waals surface area contributed by atoms with Gasteiger partial charge in [0.15, 0.2) is 0 Å². The van der Waals surface area contributed by atoms with Gasteiger partial charge in [-0.15, -0.1) is 0 Å². The van der Waals surface area contributed by atoms with E-state index in [1.54, 1.807) is 4.90 Å². The van der Waals surface area contributed by atoms with E-state index >= 15 is 0 Å². The summed E-state index contributed by atoms with van der Waals surface area (Å²) in [7, 11) is 0. The van der Waals surface area contributed by atoms with E-state index in [0.29, 0.717) is 19.5 Å². The maximum Gasteiger partial charge on any atom is 0.251 e. The van der Waals surface area contributed by atoms with E-state index in [2.05, 4.69) is 24.4 Å². The van der Waals surface area contributed by atoms with E-state index in [0.717, 1.165) is 25.1 Å². The van der Waals surface area contributed by atoms with Crippen molar-refractivity contribution in [2.75, 3.05) is 26.2 Å². The summed E-state index contributed by atoms with van der Waals surface area (Å²) in [6.45, 7) is 5.10. The summed E-state index contributed by atoms with van der Waals surface area (Å²) < 4.78 is 0. The first-order valence-corrected chi connectivity index (χ1v) is 6.96. The second-order valence-electron chi connectivity index (χ2n) is 4.97. The largest absolute Gasteiger partial charge is 0.383 e. The zero-order chi connectivity index (χ0) is 13.7. The summed E-state index contributed by atoms with van der Waals surface area (Å²) in [5.41, 5.74) is 2.28. The van der Waals surface area contributed by atoms with Crippen LogP contribution in [0.1, 0.15) is 18.1 Å². The van der Waals surface area contributed by atoms with Crippen molar-refractivity contribution >= 4 is 5.91 Å². The van der Waals surface area contributed by atoms with Crippen LogP contribution < -0.4 is 5.32 Å². The van der Waals surface area contributed by atoms with Gasteiger partial charge in [0.05, 0.1) is 0 Å². The van der Waals surface area contributed by atoms with E-state index in [1.807, 2.05) is 12.1 Å². The Kier molecular flexibility index (Phi) is 4.93. The van der Waals surface area contributed by atoms with Crippen LogP contribution in [0, 0.1) is 0 Å². The van der Waals surface area contributed by atoms with Crippen LogP contribution in [0.4, 0.5) is 0 Å². The van der Waals surface area contributed by atoms with Crippen LogP contribution in [0.15, 0.2) is 24.3 Å². The second-order valence-corrected chi connectivity index (χ2v) is 4.97. The lowest BCUT2D eigenvalue weighted by atomic mass is 10.0. The van der Waals surface area contributed by atoms with Crippen LogP contribution in [0.5, 0.6) is 0 Å². The number of aryl methyl sites for hydroxylation is 1. The molecule has 104 valence electrons. The van der Waals surface area contributed by atoms with Gasteiger partial charge in [0.25, 0.3) is 5.91 Å². The van der Waals surface area contributed by atoms with Crippen molar-refractivity contribution in [3.05, 3.63) is 35.4 Å². The van der Waals surface area contributed by atoms with Gasteiger partial charge in [0.1, 0.15) is 6.10 Å². The van der Waals surface area contributed by atoms with Crippen LogP contribution in [-0.2, 0) is 17.6 Å². The molecule has 4 nitrogen and oxygen atoms in total. The van der Waals surface area contributed by atoms with Gasteiger partial charge in [-0.3, -0.25) is 4.79 Å². The molecule has 0 bridgehead atoms. The average molecular weight is 262 g/mol. The third-order valence-electron chi connectivity index (χ3n) is 3.57. The molecule has 1 aromatic rings. The molecule has 2 N–H and O–H groups in total. The van der Waals surface area contributed by atoms with Crippen molar-refractivity contribution in [2.24, 2.45) is 0 Å². The fraction of sp³-hybridized carbons (Fsp3) is 0.533. The first kappa shape index (κ1) is 14.0. The third kappa shape index (κ3) is 3.78. The average Bonchev–Trinajstić information content (AvgIpc) is 2.48. The van der Waals surface area contributed by atoms with Gasteiger partial charge in [-0.05, 0) is 17.5 Å². The van der Waals surface area contributed by atoms with Crippen molar-refractivity contribution in [1.29, 1.82) is 0 Å². The molecule has 0 aliphatic carbocycles. The van der Waals surface area contributed by atoms with Gasteiger partial charge >= 0.3 is 0 Å². The van der Waals surface area contributed by atoms with Crippen molar-refractivity contribution < 1.29 is 9.90 Å². The Hall–Kier alpha value is -1.39. The van der Waals surface area contributed by atoms with Crippen molar-refractivity contribution in [3.8, 4) is 0 Å². The quantitative estimate of drug-likeness (QED) is 0.835. The minimum Gasteiger partial charge on any atom is -0.383 e. The van der Waals surface area contributed by atoms with Crippen LogP contribution in [0.2, 0.25) is 0 Å². The summed E-state index contributed by atoms with van der Waals surface area (Å²) in [6, 6.07) is 8.09. The summed E-state index contributed by atoms with van der Waals surface area (Å²) >= 11 is 0. The first-order chi connectivity index (χ1) is 9.20. The Morgan fingerprint density at radius 2 is 1.84 bits per heavy atom. The Morgan fingerprint density at radius 3 is 2.42 bits per heavy atom. The van der Waals surface area contributed by atoms with Crippen LogP contribution in [-0.4, -0.2) is 48.2 Å². The fourth-order valence-electron chi connectivity index (χ4n) is 2.32. The van der Waals surface area contributed by atoms with E-state index in [-0.39, 0.29) is 5.91 Å². The zero-order valence-corrected chi connectivity index (χ0v) is 11.4. The van der Waals surface area contributed by atoms with E-state index in [1.165, 1.54) is 5.56 Å². The highest BCUT2D eigenvalue weighted by molar-refractivity contribution is 5.81. The zero-order valence-electron chi connectivity index (χ0n) is 11.4. The molecule has 0 radical (unpaired) electrons. The second kappa shape index (κ2) is 6.68. The van der Waals surface area contributed by atoms with Crippen LogP contribution in [0.25, 0.3) is 0 Å². The van der Waals surface area contributed by atoms with Crippen LogP contribution >= 0.6 is 0 Å². The predicted molar refractivity (Wildman–Crippen MR) is 75.0 cm³/mol. The standard InChI is InChI=1S/C15H22N2O2/c1-2-12-3-5-13(6-4-12)11-14(18)15(19)17-9-7-16-8-10-17/h3-6,14,16,18H,2,7-11H2,1H3. The number of hydrogen-bond acceptors (Lipinski definition) is 3. The molecule has 4 heteroatoms. The molecular formula is C15H22N2O2. The number of carbonyl (C=O) groups excluding carboxylic acids is 1. The fourth-order valence-corrected chi connectivity index (χ4v) is 2.32.